The summed E-state index contributed by atoms with van der Waals surface area (Å²) in [5.74, 6) is 1.28. The predicted octanol–water partition coefficient (Wildman–Crippen LogP) is 2.57. The molecule has 2 heteroatoms. The summed E-state index contributed by atoms with van der Waals surface area (Å²) in [6.07, 6.45) is 10.8. The molecule has 1 unspecified atom stereocenters. The molecule has 0 amide bonds. The SMILES string of the molecule is CSCCCC1=CC(N)CCC1. The molecule has 1 aliphatic carbocycles. The molecule has 0 saturated carbocycles. The van der Waals surface area contributed by atoms with Crippen molar-refractivity contribution in [2.45, 2.75) is 38.1 Å². The Kier molecular flexibility index (Phi) is 4.77. The van der Waals surface area contributed by atoms with Gasteiger partial charge in [0.15, 0.2) is 0 Å². The lowest BCUT2D eigenvalue weighted by Crippen LogP contribution is -2.20. The zero-order valence-electron chi connectivity index (χ0n) is 7.88. The van der Waals surface area contributed by atoms with Crippen LogP contribution in [0, 0.1) is 0 Å². The molecule has 0 aromatic heterocycles. The van der Waals surface area contributed by atoms with E-state index >= 15 is 0 Å². The Morgan fingerprint density at radius 3 is 3.17 bits per heavy atom. The summed E-state index contributed by atoms with van der Waals surface area (Å²) in [6.45, 7) is 0. The normalized spacial score (nSPS) is 23.8. The molecule has 1 rings (SSSR count). The zero-order valence-corrected chi connectivity index (χ0v) is 8.70. The number of allylic oxidation sites excluding steroid dienone is 1. The lowest BCUT2D eigenvalue weighted by atomic mass is 9.94. The molecule has 2 N–H and O–H groups in total. The summed E-state index contributed by atoms with van der Waals surface area (Å²) in [6, 6.07) is 0.350. The van der Waals surface area contributed by atoms with Crippen molar-refractivity contribution in [3.05, 3.63) is 11.6 Å². The molecule has 1 aliphatic rings. The molecule has 0 heterocycles. The summed E-state index contributed by atoms with van der Waals surface area (Å²) in [5, 5.41) is 0. The summed E-state index contributed by atoms with van der Waals surface area (Å²) in [5.41, 5.74) is 7.45. The first-order valence-electron chi connectivity index (χ1n) is 4.77. The van der Waals surface area contributed by atoms with Crippen LogP contribution in [0.1, 0.15) is 32.1 Å². The Morgan fingerprint density at radius 1 is 1.67 bits per heavy atom. The van der Waals surface area contributed by atoms with E-state index in [9.17, 15) is 0 Å². The average Bonchev–Trinajstić information content (AvgIpc) is 2.05. The van der Waals surface area contributed by atoms with Gasteiger partial charge in [0.25, 0.3) is 0 Å². The first-order valence-corrected chi connectivity index (χ1v) is 6.16. The molecule has 1 nitrogen and oxygen atoms in total. The van der Waals surface area contributed by atoms with Gasteiger partial charge in [0, 0.05) is 6.04 Å². The first-order chi connectivity index (χ1) is 5.83. The van der Waals surface area contributed by atoms with E-state index in [0.717, 1.165) is 0 Å². The van der Waals surface area contributed by atoms with Gasteiger partial charge in [-0.25, -0.2) is 0 Å². The standard InChI is InChI=1S/C10H19NS/c1-12-7-3-5-9-4-2-6-10(11)8-9/h8,10H,2-7,11H2,1H3. The van der Waals surface area contributed by atoms with Crippen LogP contribution >= 0.6 is 11.8 Å². The van der Waals surface area contributed by atoms with Crippen molar-refractivity contribution in [2.24, 2.45) is 5.73 Å². The maximum atomic E-state index is 5.85. The highest BCUT2D eigenvalue weighted by Gasteiger charge is 2.08. The Bertz CT molecular complexity index is 154. The minimum Gasteiger partial charge on any atom is -0.324 e. The van der Waals surface area contributed by atoms with Crippen LogP contribution in [0.4, 0.5) is 0 Å². The molecule has 0 aromatic carbocycles. The van der Waals surface area contributed by atoms with Gasteiger partial charge in [0.2, 0.25) is 0 Å². The maximum Gasteiger partial charge on any atom is 0.0226 e. The maximum absolute atomic E-state index is 5.85. The van der Waals surface area contributed by atoms with Crippen molar-refractivity contribution >= 4 is 11.8 Å². The summed E-state index contributed by atoms with van der Waals surface area (Å²) >= 11 is 1.93. The van der Waals surface area contributed by atoms with Crippen molar-refractivity contribution in [3.8, 4) is 0 Å². The molecular weight excluding hydrogens is 166 g/mol. The van der Waals surface area contributed by atoms with Gasteiger partial charge in [-0.3, -0.25) is 0 Å². The highest BCUT2D eigenvalue weighted by atomic mass is 32.2. The third kappa shape index (κ3) is 3.63. The Hall–Kier alpha value is 0.0500. The van der Waals surface area contributed by atoms with Crippen LogP contribution in [0.5, 0.6) is 0 Å². The van der Waals surface area contributed by atoms with Gasteiger partial charge < -0.3 is 5.73 Å². The molecule has 1 atom stereocenters. The minimum absolute atomic E-state index is 0.350. The van der Waals surface area contributed by atoms with Crippen molar-refractivity contribution in [1.82, 2.24) is 0 Å². The predicted molar refractivity (Wildman–Crippen MR) is 57.5 cm³/mol. The molecule has 0 spiro atoms. The number of hydrogen-bond acceptors (Lipinski definition) is 2. The molecule has 0 aromatic rings. The van der Waals surface area contributed by atoms with Crippen molar-refractivity contribution in [3.63, 3.8) is 0 Å². The van der Waals surface area contributed by atoms with Gasteiger partial charge in [-0.2, -0.15) is 11.8 Å². The second-order valence-corrected chi connectivity index (χ2v) is 4.46. The fourth-order valence-electron chi connectivity index (χ4n) is 1.69. The van der Waals surface area contributed by atoms with Gasteiger partial charge in [-0.1, -0.05) is 11.6 Å². The van der Waals surface area contributed by atoms with Gasteiger partial charge in [0.05, 0.1) is 0 Å². The Balaban J connectivity index is 2.21. The summed E-state index contributed by atoms with van der Waals surface area (Å²) in [4.78, 5) is 0. The number of thioether (sulfide) groups is 1. The second-order valence-electron chi connectivity index (χ2n) is 3.48. The molecule has 0 saturated heterocycles. The van der Waals surface area contributed by atoms with Crippen molar-refractivity contribution in [1.29, 1.82) is 0 Å². The van der Waals surface area contributed by atoms with E-state index in [-0.39, 0.29) is 0 Å². The molecule has 70 valence electrons. The molecule has 0 radical (unpaired) electrons. The van der Waals surface area contributed by atoms with Gasteiger partial charge in [0.1, 0.15) is 0 Å². The third-order valence-corrected chi connectivity index (χ3v) is 3.03. The van der Waals surface area contributed by atoms with E-state index in [4.69, 9.17) is 5.73 Å². The number of nitrogens with two attached hydrogens (primary N) is 1. The van der Waals surface area contributed by atoms with E-state index in [1.165, 1.54) is 37.9 Å². The lowest BCUT2D eigenvalue weighted by molar-refractivity contribution is 0.608. The number of hydrogen-bond donors (Lipinski definition) is 1. The molecule has 0 aliphatic heterocycles. The smallest absolute Gasteiger partial charge is 0.0226 e. The van der Waals surface area contributed by atoms with Crippen LogP contribution < -0.4 is 5.73 Å². The Labute approximate surface area is 79.8 Å². The highest BCUT2D eigenvalue weighted by molar-refractivity contribution is 7.98. The first kappa shape index (κ1) is 10.1. The quantitative estimate of drug-likeness (QED) is 0.538. The fourth-order valence-corrected chi connectivity index (χ4v) is 2.12. The van der Waals surface area contributed by atoms with E-state index in [1.54, 1.807) is 5.57 Å². The summed E-state index contributed by atoms with van der Waals surface area (Å²) < 4.78 is 0. The van der Waals surface area contributed by atoms with Crippen LogP contribution in [0.15, 0.2) is 11.6 Å². The molecule has 0 fully saturated rings. The van der Waals surface area contributed by atoms with Crippen LogP contribution in [0.2, 0.25) is 0 Å². The summed E-state index contributed by atoms with van der Waals surface area (Å²) in [7, 11) is 0. The van der Waals surface area contributed by atoms with Gasteiger partial charge >= 0.3 is 0 Å². The zero-order chi connectivity index (χ0) is 8.81. The highest BCUT2D eigenvalue weighted by Crippen LogP contribution is 2.21. The van der Waals surface area contributed by atoms with Crippen LogP contribution in [-0.4, -0.2) is 18.1 Å². The van der Waals surface area contributed by atoms with E-state index in [2.05, 4.69) is 12.3 Å². The van der Waals surface area contributed by atoms with Crippen LogP contribution in [0.3, 0.4) is 0 Å². The third-order valence-electron chi connectivity index (χ3n) is 2.33. The molecular formula is C10H19NS. The second kappa shape index (κ2) is 5.65. The van der Waals surface area contributed by atoms with E-state index in [1.807, 2.05) is 11.8 Å². The molecule has 0 bridgehead atoms. The van der Waals surface area contributed by atoms with Crippen molar-refractivity contribution < 1.29 is 0 Å². The fraction of sp³-hybridized carbons (Fsp3) is 0.800. The van der Waals surface area contributed by atoms with Gasteiger partial charge in [-0.05, 0) is 44.1 Å². The number of rotatable bonds is 4. The van der Waals surface area contributed by atoms with E-state index in [0.29, 0.717) is 6.04 Å². The molecule has 12 heavy (non-hydrogen) atoms. The van der Waals surface area contributed by atoms with Crippen LogP contribution in [-0.2, 0) is 0 Å². The largest absolute Gasteiger partial charge is 0.324 e. The Morgan fingerprint density at radius 2 is 2.50 bits per heavy atom. The van der Waals surface area contributed by atoms with Crippen molar-refractivity contribution in [2.75, 3.05) is 12.0 Å². The van der Waals surface area contributed by atoms with Crippen LogP contribution in [0.25, 0.3) is 0 Å². The monoisotopic (exact) mass is 185 g/mol. The average molecular weight is 185 g/mol. The topological polar surface area (TPSA) is 26.0 Å². The van der Waals surface area contributed by atoms with E-state index < -0.39 is 0 Å². The lowest BCUT2D eigenvalue weighted by Gasteiger charge is -2.17. The van der Waals surface area contributed by atoms with Gasteiger partial charge in [-0.15, -0.1) is 0 Å². The minimum atomic E-state index is 0.350.